The van der Waals surface area contributed by atoms with E-state index in [1.165, 1.54) is 0 Å². The van der Waals surface area contributed by atoms with Gasteiger partial charge >= 0.3 is 12.1 Å². The third-order valence-electron chi connectivity index (χ3n) is 7.07. The first-order valence-corrected chi connectivity index (χ1v) is 12.2. The molecule has 0 spiro atoms. The largest absolute Gasteiger partial charge is 0.480 e. The average Bonchev–Trinajstić information content (AvgIpc) is 3.14. The highest BCUT2D eigenvalue weighted by molar-refractivity contribution is 5.87. The molecule has 0 aliphatic heterocycles. The van der Waals surface area contributed by atoms with E-state index in [-0.39, 0.29) is 31.8 Å². The van der Waals surface area contributed by atoms with Crippen LogP contribution >= 0.6 is 0 Å². The Kier molecular flexibility index (Phi) is 7.88. The molecule has 35 heavy (non-hydrogen) atoms. The number of rotatable bonds is 9. The lowest BCUT2D eigenvalue weighted by Crippen LogP contribution is -2.56. The third kappa shape index (κ3) is 5.66. The van der Waals surface area contributed by atoms with E-state index in [1.807, 2.05) is 45.0 Å². The van der Waals surface area contributed by atoms with Crippen LogP contribution in [-0.4, -0.2) is 41.3 Å². The zero-order valence-corrected chi connectivity index (χ0v) is 21.2. The van der Waals surface area contributed by atoms with Gasteiger partial charge in [0.15, 0.2) is 0 Å². The Morgan fingerprint density at radius 2 is 1.46 bits per heavy atom. The first kappa shape index (κ1) is 26.3. The van der Waals surface area contributed by atoms with Crippen LogP contribution in [0.5, 0.6) is 0 Å². The highest BCUT2D eigenvalue weighted by atomic mass is 16.5. The van der Waals surface area contributed by atoms with Gasteiger partial charge in [-0.3, -0.25) is 4.79 Å². The van der Waals surface area contributed by atoms with Crippen molar-refractivity contribution in [3.63, 3.8) is 0 Å². The van der Waals surface area contributed by atoms with E-state index in [9.17, 15) is 19.5 Å². The quantitative estimate of drug-likeness (QED) is 0.464. The average molecular weight is 481 g/mol. The molecule has 7 heteroatoms. The number of aliphatic carboxylic acids is 1. The zero-order chi connectivity index (χ0) is 25.8. The Balaban J connectivity index is 1.67. The van der Waals surface area contributed by atoms with Crippen molar-refractivity contribution >= 4 is 18.0 Å². The molecule has 2 amide bonds. The molecule has 3 rings (SSSR count). The van der Waals surface area contributed by atoms with Crippen molar-refractivity contribution in [3.05, 3.63) is 59.7 Å². The van der Waals surface area contributed by atoms with Gasteiger partial charge in [0.25, 0.3) is 0 Å². The molecule has 1 aliphatic rings. The summed E-state index contributed by atoms with van der Waals surface area (Å²) >= 11 is 0. The maximum Gasteiger partial charge on any atom is 0.407 e. The first-order valence-electron chi connectivity index (χ1n) is 12.2. The monoisotopic (exact) mass is 480 g/mol. The topological polar surface area (TPSA) is 105 Å². The fourth-order valence-electron chi connectivity index (χ4n) is 4.64. The van der Waals surface area contributed by atoms with Crippen LogP contribution in [0.2, 0.25) is 0 Å². The number of carboxylic acids is 1. The van der Waals surface area contributed by atoms with Gasteiger partial charge in [-0.2, -0.15) is 0 Å². The third-order valence-corrected chi connectivity index (χ3v) is 7.07. The molecule has 0 saturated carbocycles. The summed E-state index contributed by atoms with van der Waals surface area (Å²) < 4.78 is 5.65. The van der Waals surface area contributed by atoms with Crippen molar-refractivity contribution in [2.75, 3.05) is 6.61 Å². The molecule has 0 fully saturated rings. The normalized spacial score (nSPS) is 14.0. The Bertz CT molecular complexity index is 1040. The number of amides is 2. The molecule has 188 valence electrons. The van der Waals surface area contributed by atoms with E-state index in [2.05, 4.69) is 34.9 Å². The summed E-state index contributed by atoms with van der Waals surface area (Å²) in [6.07, 6.45) is -0.118. The molecule has 2 aromatic rings. The van der Waals surface area contributed by atoms with Crippen molar-refractivity contribution in [2.24, 2.45) is 5.41 Å². The van der Waals surface area contributed by atoms with Gasteiger partial charge in [0, 0.05) is 18.4 Å². The van der Waals surface area contributed by atoms with Crippen LogP contribution in [0.1, 0.15) is 70.9 Å². The summed E-state index contributed by atoms with van der Waals surface area (Å²) in [5, 5.41) is 15.1. The summed E-state index contributed by atoms with van der Waals surface area (Å²) in [6, 6.07) is 15.7. The lowest BCUT2D eigenvalue weighted by molar-refractivity contribution is -0.148. The van der Waals surface area contributed by atoms with Crippen molar-refractivity contribution in [1.82, 2.24) is 10.6 Å². The maximum atomic E-state index is 12.8. The van der Waals surface area contributed by atoms with Crippen LogP contribution in [-0.2, 0) is 14.3 Å². The molecule has 0 bridgehead atoms. The predicted octanol–water partition coefficient (Wildman–Crippen LogP) is 5.09. The van der Waals surface area contributed by atoms with Gasteiger partial charge in [0.05, 0.1) is 0 Å². The Morgan fingerprint density at radius 1 is 0.943 bits per heavy atom. The number of carbonyl (C=O) groups excluding carboxylic acids is 2. The fourth-order valence-corrected chi connectivity index (χ4v) is 4.64. The lowest BCUT2D eigenvalue weighted by atomic mass is 9.84. The van der Waals surface area contributed by atoms with Crippen LogP contribution < -0.4 is 10.6 Å². The number of alkyl carbamates (subject to hydrolysis) is 1. The smallest absolute Gasteiger partial charge is 0.407 e. The van der Waals surface area contributed by atoms with Crippen LogP contribution in [0.4, 0.5) is 4.79 Å². The molecule has 0 radical (unpaired) electrons. The van der Waals surface area contributed by atoms with Crippen LogP contribution in [0.15, 0.2) is 48.5 Å². The van der Waals surface area contributed by atoms with Crippen molar-refractivity contribution in [1.29, 1.82) is 0 Å². The highest BCUT2D eigenvalue weighted by Gasteiger charge is 2.38. The number of hydrogen-bond donors (Lipinski definition) is 3. The van der Waals surface area contributed by atoms with Crippen molar-refractivity contribution in [2.45, 2.75) is 71.4 Å². The molecule has 1 unspecified atom stereocenters. The van der Waals surface area contributed by atoms with Gasteiger partial charge in [-0.25, -0.2) is 9.59 Å². The molecule has 0 aromatic heterocycles. The number of hydrogen-bond acceptors (Lipinski definition) is 4. The standard InChI is InChI=1S/C28H36N2O5/c1-6-28(7-2,25(32)33)30-24(31)16-23(27(3,4)5)29-26(34)35-17-22-20-14-10-8-12-18(20)19-13-9-11-15-21(19)22/h8-15,22-23H,6-7,16-17H2,1-5H3,(H,29,34)(H,30,31)(H,32,33). The minimum atomic E-state index is -1.32. The second kappa shape index (κ2) is 10.5. The van der Waals surface area contributed by atoms with Gasteiger partial charge in [-0.1, -0.05) is 83.1 Å². The van der Waals surface area contributed by atoms with E-state index in [0.717, 1.165) is 22.3 Å². The number of benzene rings is 2. The molecule has 7 nitrogen and oxygen atoms in total. The minimum Gasteiger partial charge on any atom is -0.480 e. The molecule has 2 aromatic carbocycles. The van der Waals surface area contributed by atoms with Crippen LogP contribution in [0.25, 0.3) is 11.1 Å². The second-order valence-electron chi connectivity index (χ2n) is 10.2. The van der Waals surface area contributed by atoms with E-state index in [4.69, 9.17) is 4.74 Å². The molecule has 1 atom stereocenters. The maximum absolute atomic E-state index is 12.8. The summed E-state index contributed by atoms with van der Waals surface area (Å²) in [6.45, 7) is 9.38. The SMILES string of the molecule is CCC(CC)(NC(=O)CC(NC(=O)OCC1c2ccccc2-c2ccccc21)C(C)(C)C)C(=O)O. The van der Waals surface area contributed by atoms with Crippen molar-refractivity contribution in [3.8, 4) is 11.1 Å². The van der Waals surface area contributed by atoms with Gasteiger partial charge < -0.3 is 20.5 Å². The molecule has 1 aliphatic carbocycles. The van der Waals surface area contributed by atoms with E-state index >= 15 is 0 Å². The molecule has 3 N–H and O–H groups in total. The molecular weight excluding hydrogens is 444 g/mol. The van der Waals surface area contributed by atoms with Crippen LogP contribution in [0.3, 0.4) is 0 Å². The van der Waals surface area contributed by atoms with E-state index in [0.29, 0.717) is 0 Å². The first-order chi connectivity index (χ1) is 16.5. The zero-order valence-electron chi connectivity index (χ0n) is 21.2. The number of ether oxygens (including phenoxy) is 1. The Hall–Kier alpha value is -3.35. The number of carbonyl (C=O) groups is 3. The number of carboxylic acid groups (broad SMARTS) is 1. The Morgan fingerprint density at radius 3 is 1.91 bits per heavy atom. The van der Waals surface area contributed by atoms with Crippen molar-refractivity contribution < 1.29 is 24.2 Å². The van der Waals surface area contributed by atoms with E-state index < -0.39 is 35.0 Å². The summed E-state index contributed by atoms with van der Waals surface area (Å²) in [5.74, 6) is -1.54. The molecule has 0 heterocycles. The van der Waals surface area contributed by atoms with Crippen LogP contribution in [0, 0.1) is 5.41 Å². The Labute approximate surface area is 207 Å². The van der Waals surface area contributed by atoms with Gasteiger partial charge in [0.2, 0.25) is 5.91 Å². The summed E-state index contributed by atoms with van der Waals surface area (Å²) in [7, 11) is 0. The second-order valence-corrected chi connectivity index (χ2v) is 10.2. The predicted molar refractivity (Wildman–Crippen MR) is 135 cm³/mol. The summed E-state index contributed by atoms with van der Waals surface area (Å²) in [4.78, 5) is 37.4. The number of nitrogens with one attached hydrogen (secondary N) is 2. The lowest BCUT2D eigenvalue weighted by Gasteiger charge is -2.33. The minimum absolute atomic E-state index is 0.0529. The van der Waals surface area contributed by atoms with Gasteiger partial charge in [-0.05, 0) is 40.5 Å². The van der Waals surface area contributed by atoms with E-state index in [1.54, 1.807) is 13.8 Å². The van der Waals surface area contributed by atoms with Gasteiger partial charge in [0.1, 0.15) is 12.1 Å². The highest BCUT2D eigenvalue weighted by Crippen LogP contribution is 2.44. The van der Waals surface area contributed by atoms with Gasteiger partial charge in [-0.15, -0.1) is 0 Å². The number of fused-ring (bicyclic) bond motifs is 3. The molecular formula is C28H36N2O5. The molecule has 0 saturated heterocycles. The summed E-state index contributed by atoms with van der Waals surface area (Å²) in [5.41, 5.74) is 2.77. The fraction of sp³-hybridized carbons (Fsp3) is 0.464.